The molecular weight excluding hydrogens is 374 g/mol. The Labute approximate surface area is 157 Å². The maximum atomic E-state index is 12.2. The van der Waals surface area contributed by atoms with Gasteiger partial charge in [-0.3, -0.25) is 10.1 Å². The zero-order chi connectivity index (χ0) is 19.6. The second-order valence-electron chi connectivity index (χ2n) is 5.55. The molecule has 140 valence electrons. The number of carbonyl (C=O) groups is 1. The second-order valence-corrected chi connectivity index (χ2v) is 6.40. The van der Waals surface area contributed by atoms with Crippen molar-refractivity contribution in [3.8, 4) is 11.5 Å². The number of hydrogen-bond acceptors (Lipinski definition) is 9. The molecule has 0 aliphatic carbocycles. The van der Waals surface area contributed by atoms with Gasteiger partial charge in [0.1, 0.15) is 11.5 Å². The predicted molar refractivity (Wildman–Crippen MR) is 95.5 cm³/mol. The molecular formula is C17H15N3O6S. The number of aromatic nitrogens is 2. The fraction of sp³-hybridized carbons (Fsp3) is 0.235. The zero-order valence-electron chi connectivity index (χ0n) is 14.7. The van der Waals surface area contributed by atoms with Gasteiger partial charge in [0.25, 0.3) is 17.5 Å². The van der Waals surface area contributed by atoms with Crippen LogP contribution >= 0.6 is 11.8 Å². The van der Waals surface area contributed by atoms with Crippen LogP contribution in [0.3, 0.4) is 0 Å². The zero-order valence-corrected chi connectivity index (χ0v) is 15.5. The van der Waals surface area contributed by atoms with E-state index in [1.54, 1.807) is 26.2 Å². The molecule has 27 heavy (non-hydrogen) atoms. The predicted octanol–water partition coefficient (Wildman–Crippen LogP) is 3.93. The van der Waals surface area contributed by atoms with Gasteiger partial charge in [-0.05, 0) is 38.3 Å². The first kappa shape index (κ1) is 18.6. The third kappa shape index (κ3) is 4.00. The molecule has 3 aromatic rings. The number of nitro groups is 1. The van der Waals surface area contributed by atoms with E-state index in [-0.39, 0.29) is 29.6 Å². The summed E-state index contributed by atoms with van der Waals surface area (Å²) in [7, 11) is 0. The summed E-state index contributed by atoms with van der Waals surface area (Å²) in [4.78, 5) is 23.2. The van der Waals surface area contributed by atoms with Crippen LogP contribution in [0, 0.1) is 24.0 Å². The lowest BCUT2D eigenvalue weighted by atomic mass is 10.2. The van der Waals surface area contributed by atoms with Gasteiger partial charge in [0, 0.05) is 6.07 Å². The lowest BCUT2D eigenvalue weighted by Crippen LogP contribution is -2.06. The highest BCUT2D eigenvalue weighted by Crippen LogP contribution is 2.29. The molecule has 0 radical (unpaired) electrons. The van der Waals surface area contributed by atoms with Crippen molar-refractivity contribution in [3.05, 3.63) is 57.4 Å². The molecule has 2 heterocycles. The molecule has 10 heteroatoms. The standard InChI is InChI=1S/C17H15N3O6S/c1-9-6-12(10(2)25-9)16-19-18-15(26-16)8-24-17(21)11-4-5-14(27-3)13(7-11)20(22)23/h4-7H,8H2,1-3H3. The van der Waals surface area contributed by atoms with E-state index < -0.39 is 10.9 Å². The topological polar surface area (TPSA) is 122 Å². The SMILES string of the molecule is CSc1ccc(C(=O)OCc2nnc(-c3cc(C)oc3C)o2)cc1[N+](=O)[O-]. The highest BCUT2D eigenvalue weighted by atomic mass is 32.2. The minimum absolute atomic E-state index is 0.0699. The maximum absolute atomic E-state index is 12.2. The number of furan rings is 1. The van der Waals surface area contributed by atoms with Gasteiger partial charge in [-0.15, -0.1) is 22.0 Å². The van der Waals surface area contributed by atoms with Crippen molar-refractivity contribution in [2.24, 2.45) is 0 Å². The summed E-state index contributed by atoms with van der Waals surface area (Å²) in [6, 6.07) is 5.93. The second kappa shape index (κ2) is 7.62. The molecule has 0 amide bonds. The lowest BCUT2D eigenvalue weighted by molar-refractivity contribution is -0.387. The van der Waals surface area contributed by atoms with Crippen LogP contribution in [0.2, 0.25) is 0 Å². The normalized spacial score (nSPS) is 10.8. The Morgan fingerprint density at radius 1 is 1.26 bits per heavy atom. The van der Waals surface area contributed by atoms with Crippen molar-refractivity contribution in [2.45, 2.75) is 25.3 Å². The number of aryl methyl sites for hydroxylation is 2. The van der Waals surface area contributed by atoms with Crippen molar-refractivity contribution < 1.29 is 23.3 Å². The van der Waals surface area contributed by atoms with E-state index in [9.17, 15) is 14.9 Å². The molecule has 9 nitrogen and oxygen atoms in total. The van der Waals surface area contributed by atoms with Crippen LogP contribution in [0.1, 0.15) is 27.8 Å². The van der Waals surface area contributed by atoms with Gasteiger partial charge in [0.2, 0.25) is 0 Å². The molecule has 0 saturated carbocycles. The number of thioether (sulfide) groups is 1. The van der Waals surface area contributed by atoms with Gasteiger partial charge in [-0.1, -0.05) is 0 Å². The molecule has 0 fully saturated rings. The highest BCUT2D eigenvalue weighted by Gasteiger charge is 2.19. The number of rotatable bonds is 6. The number of esters is 1. The molecule has 0 atom stereocenters. The van der Waals surface area contributed by atoms with Gasteiger partial charge in [0.05, 0.1) is 20.9 Å². The Kier molecular flexibility index (Phi) is 5.26. The quantitative estimate of drug-likeness (QED) is 0.267. The lowest BCUT2D eigenvalue weighted by Gasteiger charge is -2.04. The number of nitrogens with zero attached hydrogens (tertiary/aromatic N) is 3. The molecule has 0 saturated heterocycles. The van der Waals surface area contributed by atoms with Crippen LogP contribution in [0.25, 0.3) is 11.5 Å². The number of hydrogen-bond donors (Lipinski definition) is 0. The van der Waals surface area contributed by atoms with E-state index >= 15 is 0 Å². The molecule has 0 spiro atoms. The van der Waals surface area contributed by atoms with E-state index in [1.807, 2.05) is 0 Å². The molecule has 0 aliphatic rings. The third-order valence-corrected chi connectivity index (χ3v) is 4.46. The molecule has 0 aliphatic heterocycles. The highest BCUT2D eigenvalue weighted by molar-refractivity contribution is 7.98. The van der Waals surface area contributed by atoms with Gasteiger partial charge in [-0.2, -0.15) is 0 Å². The third-order valence-electron chi connectivity index (χ3n) is 3.68. The first-order chi connectivity index (χ1) is 12.9. The van der Waals surface area contributed by atoms with Crippen molar-refractivity contribution in [2.75, 3.05) is 6.26 Å². The van der Waals surface area contributed by atoms with Crippen LogP contribution in [-0.2, 0) is 11.3 Å². The Morgan fingerprint density at radius 2 is 2.04 bits per heavy atom. The maximum Gasteiger partial charge on any atom is 0.338 e. The summed E-state index contributed by atoms with van der Waals surface area (Å²) in [5, 5.41) is 18.8. The fourth-order valence-corrected chi connectivity index (χ4v) is 2.98. The summed E-state index contributed by atoms with van der Waals surface area (Å²) in [5.74, 6) is 0.993. The van der Waals surface area contributed by atoms with Crippen molar-refractivity contribution >= 4 is 23.4 Å². The van der Waals surface area contributed by atoms with Crippen LogP contribution < -0.4 is 0 Å². The van der Waals surface area contributed by atoms with Crippen LogP contribution in [0.4, 0.5) is 5.69 Å². The van der Waals surface area contributed by atoms with Crippen LogP contribution in [-0.4, -0.2) is 27.3 Å². The van der Waals surface area contributed by atoms with Gasteiger partial charge in [-0.25, -0.2) is 4.79 Å². The molecule has 0 N–H and O–H groups in total. The molecule has 0 unspecified atom stereocenters. The Morgan fingerprint density at radius 3 is 2.67 bits per heavy atom. The minimum Gasteiger partial charge on any atom is -0.466 e. The van der Waals surface area contributed by atoms with E-state index in [0.29, 0.717) is 22.0 Å². The molecule has 1 aromatic carbocycles. The van der Waals surface area contributed by atoms with Crippen molar-refractivity contribution in [1.82, 2.24) is 10.2 Å². The summed E-state index contributed by atoms with van der Waals surface area (Å²) >= 11 is 1.22. The first-order valence-electron chi connectivity index (χ1n) is 7.78. The van der Waals surface area contributed by atoms with Crippen LogP contribution in [0.15, 0.2) is 38.0 Å². The smallest absolute Gasteiger partial charge is 0.338 e. The number of nitro benzene ring substituents is 1. The number of carbonyl (C=O) groups excluding carboxylic acids is 1. The van der Waals surface area contributed by atoms with Gasteiger partial charge < -0.3 is 13.6 Å². The monoisotopic (exact) mass is 389 g/mol. The van der Waals surface area contributed by atoms with Gasteiger partial charge >= 0.3 is 5.97 Å². The van der Waals surface area contributed by atoms with E-state index in [0.717, 1.165) is 0 Å². The summed E-state index contributed by atoms with van der Waals surface area (Å²) in [5.41, 5.74) is 0.587. The average molecular weight is 389 g/mol. The van der Waals surface area contributed by atoms with Crippen LogP contribution in [0.5, 0.6) is 0 Å². The molecule has 0 bridgehead atoms. The molecule has 2 aromatic heterocycles. The minimum atomic E-state index is -0.721. The summed E-state index contributed by atoms with van der Waals surface area (Å²) < 4.78 is 16.0. The number of ether oxygens (including phenoxy) is 1. The van der Waals surface area contributed by atoms with Crippen molar-refractivity contribution in [3.63, 3.8) is 0 Å². The first-order valence-corrected chi connectivity index (χ1v) is 9.01. The van der Waals surface area contributed by atoms with Crippen molar-refractivity contribution in [1.29, 1.82) is 0 Å². The molecule has 3 rings (SSSR count). The average Bonchev–Trinajstić information content (AvgIpc) is 3.24. The Bertz CT molecular complexity index is 1010. The van der Waals surface area contributed by atoms with E-state index in [4.69, 9.17) is 13.6 Å². The largest absolute Gasteiger partial charge is 0.466 e. The Balaban J connectivity index is 1.70. The number of benzene rings is 1. The Hall–Kier alpha value is -3.14. The van der Waals surface area contributed by atoms with E-state index in [2.05, 4.69) is 10.2 Å². The fourth-order valence-electron chi connectivity index (χ4n) is 2.43. The summed E-state index contributed by atoms with van der Waals surface area (Å²) in [6.45, 7) is 3.33. The summed E-state index contributed by atoms with van der Waals surface area (Å²) in [6.07, 6.45) is 1.72. The van der Waals surface area contributed by atoms with Gasteiger partial charge in [0.15, 0.2) is 6.61 Å². The van der Waals surface area contributed by atoms with E-state index in [1.165, 1.54) is 30.0 Å².